The Bertz CT molecular complexity index is 1270. The Morgan fingerprint density at radius 2 is 1.75 bits per heavy atom. The van der Waals surface area contributed by atoms with E-state index in [0.717, 1.165) is 0 Å². The molecule has 2 amide bonds. The second-order valence-corrected chi connectivity index (χ2v) is 11.9. The first-order valence-corrected chi connectivity index (χ1v) is 13.8. The van der Waals surface area contributed by atoms with Gasteiger partial charge in [0.15, 0.2) is 0 Å². The Hall–Kier alpha value is -3.30. The third kappa shape index (κ3) is 6.53. The molecule has 2 aliphatic rings. The molecule has 216 valence electrons. The zero-order valence-corrected chi connectivity index (χ0v) is 24.4. The number of carbonyl (C=O) groups is 3. The highest BCUT2D eigenvalue weighted by Gasteiger charge is 2.41. The van der Waals surface area contributed by atoms with Crippen LogP contribution in [0.5, 0.6) is 11.5 Å². The number of fused-ring (bicyclic) bond motifs is 1. The molecule has 0 aliphatic carbocycles. The quantitative estimate of drug-likeness (QED) is 0.501. The number of benzene rings is 2. The van der Waals surface area contributed by atoms with E-state index in [2.05, 4.69) is 0 Å². The fourth-order valence-corrected chi connectivity index (χ4v) is 5.46. The Kier molecular flexibility index (Phi) is 8.95. The maximum Gasteiger partial charge on any atom is 0.306 e. The number of nitrogens with zero attached hydrogens (tertiary/aromatic N) is 2. The third-order valence-electron chi connectivity index (χ3n) is 7.32. The molecule has 2 aromatic carbocycles. The van der Waals surface area contributed by atoms with Crippen LogP contribution in [0.1, 0.15) is 57.3 Å². The molecule has 4 rings (SSSR count). The summed E-state index contributed by atoms with van der Waals surface area (Å²) in [6, 6.07) is 10.7. The Balaban J connectivity index is 1.75. The number of methoxy groups -OCH3 is 2. The summed E-state index contributed by atoms with van der Waals surface area (Å²) < 4.78 is 17.6. The summed E-state index contributed by atoms with van der Waals surface area (Å²) in [6.07, 6.45) is -1.26. The molecule has 40 heavy (non-hydrogen) atoms. The van der Waals surface area contributed by atoms with Crippen LogP contribution >= 0.6 is 11.6 Å². The molecule has 0 aromatic heterocycles. The summed E-state index contributed by atoms with van der Waals surface area (Å²) in [4.78, 5) is 42.3. The van der Waals surface area contributed by atoms with Crippen LogP contribution in [0.4, 0.5) is 5.69 Å². The molecular formula is C30H37ClN2O7. The maximum absolute atomic E-state index is 14.1. The molecule has 0 radical (unpaired) electrons. The summed E-state index contributed by atoms with van der Waals surface area (Å²) in [6.45, 7) is 7.17. The number of anilines is 1. The number of halogens is 1. The van der Waals surface area contributed by atoms with Crippen molar-refractivity contribution in [2.75, 3.05) is 38.8 Å². The van der Waals surface area contributed by atoms with Gasteiger partial charge in [0, 0.05) is 47.5 Å². The van der Waals surface area contributed by atoms with Gasteiger partial charge in [-0.3, -0.25) is 14.4 Å². The third-order valence-corrected chi connectivity index (χ3v) is 7.55. The number of ether oxygens (including phenoxy) is 3. The number of carbonyl (C=O) groups excluding carboxylic acids is 2. The van der Waals surface area contributed by atoms with Gasteiger partial charge in [-0.05, 0) is 48.6 Å². The normalized spacial score (nSPS) is 20.1. The van der Waals surface area contributed by atoms with Crippen molar-refractivity contribution in [3.8, 4) is 11.5 Å². The van der Waals surface area contributed by atoms with E-state index in [1.807, 2.05) is 32.9 Å². The van der Waals surface area contributed by atoms with Gasteiger partial charge in [0.1, 0.15) is 23.7 Å². The standard InChI is InChI=1S/C30H37ClN2O7/c1-30(2,3)17-33-23-9-6-19(31)14-22(23)27(21-8-7-20(38-4)15-24(21)39-5)40-25(28(33)35)16-26(34)32-12-10-18(11-13-32)29(36)37/h6-9,14-15,18,25,27H,10-13,16-17H2,1-5H3,(H,36,37). The van der Waals surface area contributed by atoms with E-state index < -0.39 is 24.1 Å². The van der Waals surface area contributed by atoms with Crippen molar-refractivity contribution < 1.29 is 33.7 Å². The van der Waals surface area contributed by atoms with Crippen molar-refractivity contribution in [1.29, 1.82) is 0 Å². The number of amides is 2. The molecule has 9 nitrogen and oxygen atoms in total. The highest BCUT2D eigenvalue weighted by atomic mass is 35.5. The van der Waals surface area contributed by atoms with Gasteiger partial charge >= 0.3 is 5.97 Å². The van der Waals surface area contributed by atoms with Crippen LogP contribution in [0.25, 0.3) is 0 Å². The van der Waals surface area contributed by atoms with Gasteiger partial charge in [-0.2, -0.15) is 0 Å². The van der Waals surface area contributed by atoms with Gasteiger partial charge in [0.2, 0.25) is 5.91 Å². The monoisotopic (exact) mass is 572 g/mol. The van der Waals surface area contributed by atoms with Crippen molar-refractivity contribution in [3.05, 3.63) is 52.5 Å². The molecule has 2 aromatic rings. The average Bonchev–Trinajstić information content (AvgIpc) is 3.02. The van der Waals surface area contributed by atoms with E-state index in [1.54, 1.807) is 48.3 Å². The first-order chi connectivity index (χ1) is 18.9. The van der Waals surface area contributed by atoms with Crippen molar-refractivity contribution in [1.82, 2.24) is 4.90 Å². The van der Waals surface area contributed by atoms with E-state index in [1.165, 1.54) is 0 Å². The van der Waals surface area contributed by atoms with Gasteiger partial charge in [-0.1, -0.05) is 32.4 Å². The molecule has 2 unspecified atom stereocenters. The number of hydrogen-bond acceptors (Lipinski definition) is 6. The van der Waals surface area contributed by atoms with Crippen LogP contribution in [0.3, 0.4) is 0 Å². The van der Waals surface area contributed by atoms with Crippen LogP contribution in [0.2, 0.25) is 5.02 Å². The predicted octanol–water partition coefficient (Wildman–Crippen LogP) is 4.94. The Morgan fingerprint density at radius 1 is 1.05 bits per heavy atom. The summed E-state index contributed by atoms with van der Waals surface area (Å²) in [5.41, 5.74) is 1.75. The molecule has 1 saturated heterocycles. The smallest absolute Gasteiger partial charge is 0.306 e. The fourth-order valence-electron chi connectivity index (χ4n) is 5.28. The highest BCUT2D eigenvalue weighted by Crippen LogP contribution is 2.44. The van der Waals surface area contributed by atoms with Crippen molar-refractivity contribution in [2.45, 2.75) is 52.2 Å². The number of piperidine rings is 1. The summed E-state index contributed by atoms with van der Waals surface area (Å²) in [7, 11) is 3.11. The summed E-state index contributed by atoms with van der Waals surface area (Å²) >= 11 is 6.46. The topological polar surface area (TPSA) is 106 Å². The highest BCUT2D eigenvalue weighted by molar-refractivity contribution is 6.30. The van der Waals surface area contributed by atoms with Gasteiger partial charge in [0.05, 0.1) is 26.6 Å². The number of carboxylic acid groups (broad SMARTS) is 1. The molecule has 1 fully saturated rings. The van der Waals surface area contributed by atoms with Gasteiger partial charge < -0.3 is 29.1 Å². The largest absolute Gasteiger partial charge is 0.497 e. The van der Waals surface area contributed by atoms with Crippen LogP contribution < -0.4 is 14.4 Å². The lowest BCUT2D eigenvalue weighted by Crippen LogP contribution is -2.47. The molecule has 2 atom stereocenters. The minimum absolute atomic E-state index is 0.173. The summed E-state index contributed by atoms with van der Waals surface area (Å²) in [5, 5.41) is 9.81. The van der Waals surface area contributed by atoms with Crippen LogP contribution in [0, 0.1) is 11.3 Å². The van der Waals surface area contributed by atoms with Gasteiger partial charge in [-0.25, -0.2) is 0 Å². The maximum atomic E-state index is 14.1. The number of rotatable bonds is 7. The minimum atomic E-state index is -1.09. The predicted molar refractivity (Wildman–Crippen MR) is 151 cm³/mol. The fraction of sp³-hybridized carbons (Fsp3) is 0.500. The first kappa shape index (κ1) is 29.7. The second kappa shape index (κ2) is 12.1. The number of aliphatic carboxylic acids is 1. The van der Waals surface area contributed by atoms with Crippen molar-refractivity contribution in [3.63, 3.8) is 0 Å². The van der Waals surface area contributed by atoms with E-state index in [4.69, 9.17) is 25.8 Å². The SMILES string of the molecule is COc1ccc(C2OC(CC(=O)N3CCC(C(=O)O)CC3)C(=O)N(CC(C)(C)C)c3ccc(Cl)cc32)c(OC)c1. The lowest BCUT2D eigenvalue weighted by molar-refractivity contribution is -0.148. The lowest BCUT2D eigenvalue weighted by atomic mass is 9.94. The molecule has 1 N–H and O–H groups in total. The molecule has 2 aliphatic heterocycles. The molecule has 0 spiro atoms. The molecular weight excluding hydrogens is 536 g/mol. The molecule has 0 bridgehead atoms. The van der Waals surface area contributed by atoms with E-state index in [9.17, 15) is 19.5 Å². The minimum Gasteiger partial charge on any atom is -0.497 e. The molecule has 0 saturated carbocycles. The number of hydrogen-bond donors (Lipinski definition) is 1. The lowest BCUT2D eigenvalue weighted by Gasteiger charge is -2.33. The zero-order valence-electron chi connectivity index (χ0n) is 23.6. The van der Waals surface area contributed by atoms with E-state index in [0.29, 0.717) is 65.8 Å². The van der Waals surface area contributed by atoms with Gasteiger partial charge in [-0.15, -0.1) is 0 Å². The van der Waals surface area contributed by atoms with Crippen molar-refractivity contribution in [2.24, 2.45) is 11.3 Å². The second-order valence-electron chi connectivity index (χ2n) is 11.5. The number of carboxylic acids is 1. The molecule has 2 heterocycles. The van der Waals surface area contributed by atoms with Crippen LogP contribution in [0.15, 0.2) is 36.4 Å². The average molecular weight is 573 g/mol. The Morgan fingerprint density at radius 3 is 2.35 bits per heavy atom. The van der Waals surface area contributed by atoms with E-state index >= 15 is 0 Å². The van der Waals surface area contributed by atoms with Gasteiger partial charge in [0.25, 0.3) is 5.91 Å². The van der Waals surface area contributed by atoms with E-state index in [-0.39, 0.29) is 23.7 Å². The van der Waals surface area contributed by atoms with Crippen LogP contribution in [-0.2, 0) is 19.1 Å². The zero-order chi connectivity index (χ0) is 29.2. The summed E-state index contributed by atoms with van der Waals surface area (Å²) in [5.74, 6) is -0.770. The van der Waals surface area contributed by atoms with Crippen molar-refractivity contribution >= 4 is 35.1 Å². The Labute approximate surface area is 239 Å². The molecule has 10 heteroatoms. The van der Waals surface area contributed by atoms with Crippen LogP contribution in [-0.4, -0.2) is 67.7 Å². The number of likely N-dealkylation sites (tertiary alicyclic amines) is 1. The first-order valence-electron chi connectivity index (χ1n) is 13.4.